The maximum atomic E-state index is 14.3. The molecule has 2 saturated heterocycles. The number of nitrogens with zero attached hydrogens (tertiary/aromatic N) is 1. The lowest BCUT2D eigenvalue weighted by molar-refractivity contribution is -0.159. The van der Waals surface area contributed by atoms with Crippen LogP contribution in [0.5, 0.6) is 0 Å². The van der Waals surface area contributed by atoms with Crippen LogP contribution < -0.4 is 0 Å². The molecule has 4 nitrogen and oxygen atoms in total. The number of allylic oxidation sites excluding steroid dienone is 2. The smallest absolute Gasteiger partial charge is 0.309 e. The minimum atomic E-state index is -0.388. The summed E-state index contributed by atoms with van der Waals surface area (Å²) in [5, 5.41) is 0. The van der Waals surface area contributed by atoms with E-state index >= 15 is 0 Å². The maximum Gasteiger partial charge on any atom is 0.309 e. The van der Waals surface area contributed by atoms with Crippen molar-refractivity contribution in [3.05, 3.63) is 11.1 Å². The highest BCUT2D eigenvalue weighted by Gasteiger charge is 2.76. The van der Waals surface area contributed by atoms with Gasteiger partial charge in [0.2, 0.25) is 0 Å². The second-order valence-corrected chi connectivity index (χ2v) is 10.6. The molecule has 6 aliphatic rings. The number of hydrogen-bond donors (Lipinski definition) is 0. The van der Waals surface area contributed by atoms with E-state index in [1.165, 1.54) is 19.1 Å². The van der Waals surface area contributed by atoms with E-state index in [0.29, 0.717) is 23.7 Å². The van der Waals surface area contributed by atoms with Crippen molar-refractivity contribution in [1.82, 2.24) is 4.90 Å². The molecule has 0 aromatic heterocycles. The Hall–Kier alpha value is -1.16. The third-order valence-electron chi connectivity index (χ3n) is 10.1. The third-order valence-corrected chi connectivity index (χ3v) is 10.1. The lowest BCUT2D eigenvalue weighted by atomic mass is 9.45. The van der Waals surface area contributed by atoms with Gasteiger partial charge in [-0.3, -0.25) is 14.5 Å². The molecule has 2 saturated carbocycles. The van der Waals surface area contributed by atoms with Crippen LogP contribution >= 0.6 is 0 Å². The fourth-order valence-corrected chi connectivity index (χ4v) is 9.01. The standard InChI is InChI=1S/C23H31NO3/c1-12-10-24-11-14-6-4-13-5-7-15-17(21(26)27-3)9-23(19(13)15)20(25)16(12)8-18(24)22(14,23)2/h12,14-18H,4-11H2,1-3H3/t12-,14-,15-,16-,17-,18-,22-,23+/m1/s1. The van der Waals surface area contributed by atoms with E-state index in [1.54, 1.807) is 5.57 Å². The number of ether oxygens (including phenoxy) is 1. The van der Waals surface area contributed by atoms with Crippen molar-refractivity contribution >= 4 is 11.8 Å². The molecule has 0 N–H and O–H groups in total. The van der Waals surface area contributed by atoms with Crippen molar-refractivity contribution in [3.8, 4) is 0 Å². The van der Waals surface area contributed by atoms with Crippen molar-refractivity contribution in [2.24, 2.45) is 40.4 Å². The zero-order valence-electron chi connectivity index (χ0n) is 16.8. The van der Waals surface area contributed by atoms with Gasteiger partial charge in [0.25, 0.3) is 0 Å². The highest BCUT2D eigenvalue weighted by molar-refractivity contribution is 5.95. The number of carbonyl (C=O) groups is 2. The minimum absolute atomic E-state index is 0.00314. The molecular weight excluding hydrogens is 338 g/mol. The molecular formula is C23H31NO3. The number of rotatable bonds is 1. The van der Waals surface area contributed by atoms with Gasteiger partial charge in [-0.25, -0.2) is 0 Å². The van der Waals surface area contributed by atoms with Crippen LogP contribution in [0.25, 0.3) is 0 Å². The Morgan fingerprint density at radius 2 is 1.96 bits per heavy atom. The molecule has 0 radical (unpaired) electrons. The normalized spacial score (nSPS) is 52.8. The monoisotopic (exact) mass is 369 g/mol. The fourth-order valence-electron chi connectivity index (χ4n) is 9.01. The number of piperidine rings is 1. The van der Waals surface area contributed by atoms with Gasteiger partial charge >= 0.3 is 5.97 Å². The summed E-state index contributed by atoms with van der Waals surface area (Å²) in [5.74, 6) is 1.79. The molecule has 146 valence electrons. The molecule has 4 fully saturated rings. The van der Waals surface area contributed by atoms with Crippen molar-refractivity contribution in [2.45, 2.75) is 58.4 Å². The second-order valence-electron chi connectivity index (χ2n) is 10.6. The number of fused-ring (bicyclic) bond motifs is 1. The zero-order chi connectivity index (χ0) is 18.7. The van der Waals surface area contributed by atoms with E-state index in [9.17, 15) is 9.59 Å². The van der Waals surface area contributed by atoms with Crippen LogP contribution in [0.2, 0.25) is 0 Å². The molecule has 0 aromatic carbocycles. The van der Waals surface area contributed by atoms with E-state index in [2.05, 4.69) is 18.7 Å². The average molecular weight is 370 g/mol. The first kappa shape index (κ1) is 16.8. The van der Waals surface area contributed by atoms with Gasteiger partial charge in [0, 0.05) is 30.5 Å². The summed E-state index contributed by atoms with van der Waals surface area (Å²) in [7, 11) is 1.51. The molecule has 4 aliphatic carbocycles. The van der Waals surface area contributed by atoms with E-state index in [-0.39, 0.29) is 34.6 Å². The molecule has 1 spiro atoms. The fraction of sp³-hybridized carbons (Fsp3) is 0.826. The molecule has 6 rings (SSSR count). The highest BCUT2D eigenvalue weighted by atomic mass is 16.5. The predicted octanol–water partition coefficient (Wildman–Crippen LogP) is 3.21. The molecule has 0 aromatic rings. The number of methoxy groups -OCH3 is 1. The molecule has 8 atom stereocenters. The van der Waals surface area contributed by atoms with Gasteiger partial charge in [-0.1, -0.05) is 25.0 Å². The number of ketones is 1. The van der Waals surface area contributed by atoms with Crippen LogP contribution in [0.15, 0.2) is 11.1 Å². The van der Waals surface area contributed by atoms with Crippen molar-refractivity contribution in [2.75, 3.05) is 20.2 Å². The third kappa shape index (κ3) is 1.64. The SMILES string of the molecule is COC(=O)[C@@H]1C[C@@]23C(=O)[C@@H]4C[C@H]5N(C[C@@H](CCC6=C2[C@@H]1CC6)[C@]53C)C[C@H]4C. The van der Waals surface area contributed by atoms with E-state index in [0.717, 1.165) is 45.2 Å². The van der Waals surface area contributed by atoms with Gasteiger partial charge in [0.05, 0.1) is 18.4 Å². The summed E-state index contributed by atoms with van der Waals surface area (Å²) in [6.07, 6.45) is 6.30. The number of esters is 1. The summed E-state index contributed by atoms with van der Waals surface area (Å²) in [5.41, 5.74) is 2.61. The van der Waals surface area contributed by atoms with E-state index < -0.39 is 0 Å². The topological polar surface area (TPSA) is 46.6 Å². The largest absolute Gasteiger partial charge is 0.469 e. The molecule has 27 heavy (non-hydrogen) atoms. The predicted molar refractivity (Wildman–Crippen MR) is 101 cm³/mol. The first-order valence-corrected chi connectivity index (χ1v) is 11.0. The quantitative estimate of drug-likeness (QED) is 0.526. The Bertz CT molecular complexity index is 786. The molecule has 0 unspecified atom stereocenters. The zero-order valence-corrected chi connectivity index (χ0v) is 16.8. The van der Waals surface area contributed by atoms with E-state index in [4.69, 9.17) is 4.74 Å². The molecule has 2 bridgehead atoms. The number of Topliss-reactive ketones (excluding diaryl/α,β-unsaturated/α-hetero) is 1. The molecule has 4 heteroatoms. The van der Waals surface area contributed by atoms with Gasteiger partial charge in [-0.15, -0.1) is 0 Å². The van der Waals surface area contributed by atoms with Gasteiger partial charge < -0.3 is 4.74 Å². The first-order chi connectivity index (χ1) is 12.9. The maximum absolute atomic E-state index is 14.3. The highest BCUT2D eigenvalue weighted by Crippen LogP contribution is 2.74. The van der Waals surface area contributed by atoms with Crippen LogP contribution in [0.3, 0.4) is 0 Å². The van der Waals surface area contributed by atoms with Crippen LogP contribution in [0, 0.1) is 40.4 Å². The number of hydrogen-bond acceptors (Lipinski definition) is 4. The molecule has 2 heterocycles. The van der Waals surface area contributed by atoms with Crippen LogP contribution in [-0.2, 0) is 14.3 Å². The summed E-state index contributed by atoms with van der Waals surface area (Å²) in [6.45, 7) is 6.96. The molecule has 2 aliphatic heterocycles. The van der Waals surface area contributed by atoms with Gasteiger partial charge in [-0.2, -0.15) is 0 Å². The van der Waals surface area contributed by atoms with Gasteiger partial charge in [0.1, 0.15) is 5.78 Å². The average Bonchev–Trinajstić information content (AvgIpc) is 3.27. The summed E-state index contributed by atoms with van der Waals surface area (Å²) in [6, 6.07) is 0.519. The van der Waals surface area contributed by atoms with E-state index in [1.807, 2.05) is 0 Å². The summed E-state index contributed by atoms with van der Waals surface area (Å²) >= 11 is 0. The first-order valence-electron chi connectivity index (χ1n) is 11.0. The Kier molecular flexibility index (Phi) is 3.14. The van der Waals surface area contributed by atoms with Crippen molar-refractivity contribution in [1.29, 1.82) is 0 Å². The van der Waals surface area contributed by atoms with Crippen LogP contribution in [-0.4, -0.2) is 42.9 Å². The lowest BCUT2D eigenvalue weighted by Gasteiger charge is -2.59. The Morgan fingerprint density at radius 1 is 1.19 bits per heavy atom. The minimum Gasteiger partial charge on any atom is -0.469 e. The Labute approximate surface area is 161 Å². The summed E-state index contributed by atoms with van der Waals surface area (Å²) < 4.78 is 5.24. The van der Waals surface area contributed by atoms with Crippen LogP contribution in [0.1, 0.15) is 52.4 Å². The van der Waals surface area contributed by atoms with Crippen molar-refractivity contribution < 1.29 is 14.3 Å². The second kappa shape index (κ2) is 5.06. The van der Waals surface area contributed by atoms with Crippen molar-refractivity contribution in [3.63, 3.8) is 0 Å². The van der Waals surface area contributed by atoms with Gasteiger partial charge in [-0.05, 0) is 56.3 Å². The Balaban J connectivity index is 1.62. The number of carbonyl (C=O) groups excluding carboxylic acids is 2. The summed E-state index contributed by atoms with van der Waals surface area (Å²) in [4.78, 5) is 29.7. The molecule has 0 amide bonds. The lowest BCUT2D eigenvalue weighted by Crippen LogP contribution is -2.64. The van der Waals surface area contributed by atoms with Crippen LogP contribution in [0.4, 0.5) is 0 Å². The Morgan fingerprint density at radius 3 is 2.74 bits per heavy atom. The van der Waals surface area contributed by atoms with Gasteiger partial charge in [0.15, 0.2) is 0 Å².